The van der Waals surface area contributed by atoms with Gasteiger partial charge in [0.1, 0.15) is 0 Å². The molecular weight excluding hydrogens is 388 g/mol. The SMILES string of the molecule is Cc1cccc(NC(=O)CN2CCC(NC(=O)Nc3ccc(C(C)C)cc3)CC2)c1C. The first kappa shape index (κ1) is 22.8. The maximum absolute atomic E-state index is 12.4. The van der Waals surface area contributed by atoms with Crippen LogP contribution >= 0.6 is 0 Å². The van der Waals surface area contributed by atoms with Crippen molar-refractivity contribution in [2.45, 2.75) is 52.5 Å². The van der Waals surface area contributed by atoms with Crippen molar-refractivity contribution in [3.8, 4) is 0 Å². The van der Waals surface area contributed by atoms with Crippen LogP contribution in [0.1, 0.15) is 49.3 Å². The highest BCUT2D eigenvalue weighted by molar-refractivity contribution is 5.93. The van der Waals surface area contributed by atoms with E-state index in [4.69, 9.17) is 0 Å². The lowest BCUT2D eigenvalue weighted by Crippen LogP contribution is -2.47. The zero-order valence-electron chi connectivity index (χ0n) is 19.0. The standard InChI is InChI=1S/C25H34N4O2/c1-17(2)20-8-10-21(11-9-20)26-25(31)27-22-12-14-29(15-13-22)16-24(30)28-23-7-5-6-18(3)19(23)4/h5-11,17,22H,12-16H2,1-4H3,(H,28,30)(H2,26,27,31). The van der Waals surface area contributed by atoms with Crippen molar-refractivity contribution in [3.63, 3.8) is 0 Å². The zero-order chi connectivity index (χ0) is 22.4. The van der Waals surface area contributed by atoms with Crippen LogP contribution in [0.4, 0.5) is 16.2 Å². The molecule has 0 spiro atoms. The molecule has 2 aromatic rings. The number of anilines is 2. The molecule has 6 nitrogen and oxygen atoms in total. The molecule has 0 saturated carbocycles. The number of nitrogens with zero attached hydrogens (tertiary/aromatic N) is 1. The summed E-state index contributed by atoms with van der Waals surface area (Å²) >= 11 is 0. The number of piperidine rings is 1. The van der Waals surface area contributed by atoms with Gasteiger partial charge in [0.25, 0.3) is 0 Å². The Hall–Kier alpha value is -2.86. The zero-order valence-corrected chi connectivity index (χ0v) is 19.0. The molecule has 3 N–H and O–H groups in total. The van der Waals surface area contributed by atoms with Crippen LogP contribution in [0, 0.1) is 13.8 Å². The van der Waals surface area contributed by atoms with Gasteiger partial charge in [-0.2, -0.15) is 0 Å². The Bertz CT molecular complexity index is 900. The number of carbonyl (C=O) groups excluding carboxylic acids is 2. The first-order valence-corrected chi connectivity index (χ1v) is 11.1. The van der Waals surface area contributed by atoms with Crippen LogP contribution in [0.2, 0.25) is 0 Å². The minimum atomic E-state index is -0.177. The Morgan fingerprint density at radius 3 is 2.32 bits per heavy atom. The van der Waals surface area contributed by atoms with Gasteiger partial charge in [-0.1, -0.05) is 38.1 Å². The van der Waals surface area contributed by atoms with E-state index in [9.17, 15) is 9.59 Å². The summed E-state index contributed by atoms with van der Waals surface area (Å²) in [6.45, 7) is 10.3. The van der Waals surface area contributed by atoms with Gasteiger partial charge in [0.2, 0.25) is 5.91 Å². The molecule has 0 aromatic heterocycles. The molecule has 0 radical (unpaired) electrons. The third-order valence-corrected chi connectivity index (χ3v) is 6.00. The molecule has 0 unspecified atom stereocenters. The first-order valence-electron chi connectivity index (χ1n) is 11.1. The van der Waals surface area contributed by atoms with Crippen LogP contribution < -0.4 is 16.0 Å². The average Bonchev–Trinajstić information content (AvgIpc) is 2.73. The Kier molecular flexibility index (Phi) is 7.69. The number of hydrogen-bond acceptors (Lipinski definition) is 3. The summed E-state index contributed by atoms with van der Waals surface area (Å²) in [4.78, 5) is 26.9. The molecule has 0 aliphatic carbocycles. The largest absolute Gasteiger partial charge is 0.335 e. The molecular formula is C25H34N4O2. The summed E-state index contributed by atoms with van der Waals surface area (Å²) in [6.07, 6.45) is 1.66. The minimum absolute atomic E-state index is 0.00250. The number of nitrogens with one attached hydrogen (secondary N) is 3. The van der Waals surface area contributed by atoms with Crippen molar-refractivity contribution in [1.82, 2.24) is 10.2 Å². The lowest BCUT2D eigenvalue weighted by molar-refractivity contribution is -0.117. The molecule has 0 bridgehead atoms. The maximum Gasteiger partial charge on any atom is 0.319 e. The van der Waals surface area contributed by atoms with Gasteiger partial charge in [-0.3, -0.25) is 9.69 Å². The van der Waals surface area contributed by atoms with Crippen LogP contribution in [0.15, 0.2) is 42.5 Å². The Labute approximate surface area is 185 Å². The first-order chi connectivity index (χ1) is 14.8. The van der Waals surface area contributed by atoms with Gasteiger partial charge in [-0.25, -0.2) is 4.79 Å². The second kappa shape index (κ2) is 10.4. The third kappa shape index (κ3) is 6.56. The summed E-state index contributed by atoms with van der Waals surface area (Å²) in [7, 11) is 0. The summed E-state index contributed by atoms with van der Waals surface area (Å²) in [5, 5.41) is 8.98. The fourth-order valence-corrected chi connectivity index (χ4v) is 3.82. The van der Waals surface area contributed by atoms with Gasteiger partial charge in [0.05, 0.1) is 6.54 Å². The van der Waals surface area contributed by atoms with E-state index in [0.29, 0.717) is 12.5 Å². The van der Waals surface area contributed by atoms with Crippen LogP contribution in [0.3, 0.4) is 0 Å². The molecule has 3 rings (SSSR count). The van der Waals surface area contributed by atoms with Crippen molar-refractivity contribution in [2.75, 3.05) is 30.3 Å². The number of amides is 3. The molecule has 1 fully saturated rings. The summed E-state index contributed by atoms with van der Waals surface area (Å²) in [6, 6.07) is 13.8. The normalized spacial score (nSPS) is 15.0. The number of hydrogen-bond donors (Lipinski definition) is 3. The monoisotopic (exact) mass is 422 g/mol. The van der Waals surface area contributed by atoms with E-state index in [1.54, 1.807) is 0 Å². The number of aryl methyl sites for hydroxylation is 1. The predicted octanol–water partition coefficient (Wildman–Crippen LogP) is 4.65. The highest BCUT2D eigenvalue weighted by Gasteiger charge is 2.22. The lowest BCUT2D eigenvalue weighted by Gasteiger charge is -2.31. The Morgan fingerprint density at radius 2 is 1.68 bits per heavy atom. The van der Waals surface area contributed by atoms with E-state index in [2.05, 4.69) is 34.7 Å². The van der Waals surface area contributed by atoms with E-state index in [1.165, 1.54) is 11.1 Å². The number of rotatable bonds is 6. The molecule has 1 aliphatic heterocycles. The molecule has 6 heteroatoms. The molecule has 1 heterocycles. The Morgan fingerprint density at radius 1 is 1.00 bits per heavy atom. The van der Waals surface area contributed by atoms with Crippen molar-refractivity contribution in [1.29, 1.82) is 0 Å². The van der Waals surface area contributed by atoms with E-state index in [1.807, 2.05) is 56.3 Å². The average molecular weight is 423 g/mol. The second-order valence-corrected chi connectivity index (χ2v) is 8.72. The van der Waals surface area contributed by atoms with Crippen molar-refractivity contribution in [3.05, 3.63) is 59.2 Å². The molecule has 31 heavy (non-hydrogen) atoms. The van der Waals surface area contributed by atoms with Crippen LogP contribution in [-0.2, 0) is 4.79 Å². The summed E-state index contributed by atoms with van der Waals surface area (Å²) in [5.41, 5.74) is 5.18. The number of benzene rings is 2. The lowest BCUT2D eigenvalue weighted by atomic mass is 10.0. The van der Waals surface area contributed by atoms with E-state index < -0.39 is 0 Å². The third-order valence-electron chi connectivity index (χ3n) is 6.00. The molecule has 1 saturated heterocycles. The van der Waals surface area contributed by atoms with Gasteiger partial charge >= 0.3 is 6.03 Å². The summed E-state index contributed by atoms with van der Waals surface area (Å²) in [5.74, 6) is 0.471. The van der Waals surface area contributed by atoms with E-state index >= 15 is 0 Å². The van der Waals surface area contributed by atoms with Crippen LogP contribution in [-0.4, -0.2) is 42.5 Å². The van der Waals surface area contributed by atoms with Crippen LogP contribution in [0.25, 0.3) is 0 Å². The fourth-order valence-electron chi connectivity index (χ4n) is 3.82. The topological polar surface area (TPSA) is 73.5 Å². The molecule has 0 atom stereocenters. The van der Waals surface area contributed by atoms with Gasteiger partial charge in [0, 0.05) is 30.5 Å². The van der Waals surface area contributed by atoms with Gasteiger partial charge < -0.3 is 16.0 Å². The van der Waals surface area contributed by atoms with Gasteiger partial charge in [-0.05, 0) is 67.5 Å². The highest BCUT2D eigenvalue weighted by atomic mass is 16.2. The van der Waals surface area contributed by atoms with E-state index in [-0.39, 0.29) is 18.0 Å². The number of likely N-dealkylation sites (tertiary alicyclic amines) is 1. The molecule has 3 amide bonds. The van der Waals surface area contributed by atoms with Crippen molar-refractivity contribution >= 4 is 23.3 Å². The quantitative estimate of drug-likeness (QED) is 0.634. The van der Waals surface area contributed by atoms with Gasteiger partial charge in [-0.15, -0.1) is 0 Å². The van der Waals surface area contributed by atoms with E-state index in [0.717, 1.165) is 42.9 Å². The fraction of sp³-hybridized carbons (Fsp3) is 0.440. The van der Waals surface area contributed by atoms with Crippen molar-refractivity contribution < 1.29 is 9.59 Å². The molecule has 166 valence electrons. The molecule has 2 aromatic carbocycles. The van der Waals surface area contributed by atoms with Gasteiger partial charge in [0.15, 0.2) is 0 Å². The van der Waals surface area contributed by atoms with Crippen LogP contribution in [0.5, 0.6) is 0 Å². The second-order valence-electron chi connectivity index (χ2n) is 8.72. The highest BCUT2D eigenvalue weighted by Crippen LogP contribution is 2.19. The number of carbonyl (C=O) groups is 2. The minimum Gasteiger partial charge on any atom is -0.335 e. The molecule has 1 aliphatic rings. The number of urea groups is 1. The summed E-state index contributed by atoms with van der Waals surface area (Å²) < 4.78 is 0. The maximum atomic E-state index is 12.4. The smallest absolute Gasteiger partial charge is 0.319 e. The predicted molar refractivity (Wildman–Crippen MR) is 127 cm³/mol. The van der Waals surface area contributed by atoms with Crippen molar-refractivity contribution in [2.24, 2.45) is 0 Å². The Balaban J connectivity index is 1.40.